The number of hydrogen-bond acceptors (Lipinski definition) is 3. The topological polar surface area (TPSA) is 46.5 Å². The number of ether oxygens (including phenoxy) is 1. The molecule has 2 atom stereocenters. The van der Waals surface area contributed by atoms with Crippen LogP contribution < -0.4 is 0 Å². The average Bonchev–Trinajstić information content (AvgIpc) is 3.91. The van der Waals surface area contributed by atoms with Crippen LogP contribution in [0.15, 0.2) is 60.7 Å². The zero-order valence-corrected chi connectivity index (χ0v) is 39.3. The van der Waals surface area contributed by atoms with Crippen LogP contribution in [-0.4, -0.2) is 11.1 Å². The van der Waals surface area contributed by atoms with E-state index in [1.165, 1.54) is 69.8 Å². The van der Waals surface area contributed by atoms with Crippen LogP contribution in [0.3, 0.4) is 0 Å². The van der Waals surface area contributed by atoms with Crippen molar-refractivity contribution in [2.24, 2.45) is 17.3 Å². The maximum absolute atomic E-state index is 12.7. The Labute approximate surface area is 357 Å². The van der Waals surface area contributed by atoms with Crippen LogP contribution in [0.5, 0.6) is 5.75 Å². The zero-order chi connectivity index (χ0) is 36.2. The van der Waals surface area contributed by atoms with Gasteiger partial charge in [0.25, 0.3) is 0 Å². The summed E-state index contributed by atoms with van der Waals surface area (Å²) in [6.45, 7) is 17.0. The van der Waals surface area contributed by atoms with Crippen LogP contribution in [0.25, 0.3) is 11.1 Å². The Morgan fingerprint density at radius 3 is 1.62 bits per heavy atom. The molecular formula is C46H68FeI2O3. The predicted molar refractivity (Wildman–Crippen MR) is 238 cm³/mol. The van der Waals surface area contributed by atoms with E-state index in [-0.39, 0.29) is 37.9 Å². The van der Waals surface area contributed by atoms with Crippen molar-refractivity contribution in [1.29, 1.82) is 0 Å². The van der Waals surface area contributed by atoms with Crippen molar-refractivity contribution < 1.29 is 31.7 Å². The summed E-state index contributed by atoms with van der Waals surface area (Å²) in [5.74, 6) is 2.90. The second-order valence-corrected chi connectivity index (χ2v) is 17.4. The second-order valence-electron chi connectivity index (χ2n) is 15.1. The maximum atomic E-state index is 12.7. The first-order valence-electron chi connectivity index (χ1n) is 18.9. The van der Waals surface area contributed by atoms with Crippen molar-refractivity contribution in [3.05, 3.63) is 99.3 Å². The summed E-state index contributed by atoms with van der Waals surface area (Å²) < 4.78 is 7.96. The minimum Gasteiger partial charge on any atom is -0.506 e. The number of halogens is 2. The van der Waals surface area contributed by atoms with Gasteiger partial charge >= 0.3 is 23.0 Å². The largest absolute Gasteiger partial charge is 2.00 e. The summed E-state index contributed by atoms with van der Waals surface area (Å²) in [4.78, 5) is 12.7. The van der Waals surface area contributed by atoms with Crippen LogP contribution in [0, 0.1) is 39.2 Å². The van der Waals surface area contributed by atoms with Crippen LogP contribution in [0.1, 0.15) is 155 Å². The number of hydrogen-bond donors (Lipinski definition) is 1. The molecule has 0 saturated heterocycles. The van der Waals surface area contributed by atoms with E-state index in [4.69, 9.17) is 4.74 Å². The molecule has 52 heavy (non-hydrogen) atoms. The maximum Gasteiger partial charge on any atom is 2.00 e. The first kappa shape index (κ1) is 50.9. The normalized spacial score (nSPS) is 16.2. The Balaban J connectivity index is 0.000000739. The molecule has 2 fully saturated rings. The summed E-state index contributed by atoms with van der Waals surface area (Å²) in [5, 5.41) is 9.57. The average molecular weight is 979 g/mol. The Hall–Kier alpha value is -1.09. The third kappa shape index (κ3) is 13.6. The summed E-state index contributed by atoms with van der Waals surface area (Å²) in [7, 11) is 0. The fourth-order valence-electron chi connectivity index (χ4n) is 6.84. The molecule has 0 aliphatic heterocycles. The minimum atomic E-state index is -0.712. The number of phenolic OH excluding ortho intramolecular Hbond substituents is 1. The quantitative estimate of drug-likeness (QED) is 0.111. The van der Waals surface area contributed by atoms with E-state index >= 15 is 0 Å². The van der Waals surface area contributed by atoms with E-state index in [9.17, 15) is 9.90 Å². The molecule has 2 unspecified atom stereocenters. The van der Waals surface area contributed by atoms with Crippen molar-refractivity contribution in [2.45, 2.75) is 144 Å². The number of carbonyl (C=O) groups is 1. The molecule has 3 aromatic carbocycles. The molecular weight excluding hydrogens is 910 g/mol. The number of rotatable bonds is 7. The zero-order valence-electron chi connectivity index (χ0n) is 33.9. The molecule has 292 valence electrons. The second kappa shape index (κ2) is 24.4. The number of carbonyl (C=O) groups excluding carboxylic acids is 1. The minimum absolute atomic E-state index is 0. The van der Waals surface area contributed by atoms with Crippen molar-refractivity contribution in [3.63, 3.8) is 0 Å². The number of esters is 1. The molecule has 2 saturated carbocycles. The summed E-state index contributed by atoms with van der Waals surface area (Å²) in [6, 6.07) is 20.5. The molecule has 0 spiro atoms. The molecule has 6 rings (SSSR count). The van der Waals surface area contributed by atoms with Gasteiger partial charge in [0.2, 0.25) is 0 Å². The number of aromatic hydroxyl groups is 1. The number of phenols is 1. The first-order chi connectivity index (χ1) is 23.3. The molecule has 0 amide bonds. The van der Waals surface area contributed by atoms with Crippen molar-refractivity contribution >= 4 is 51.2 Å². The molecule has 0 bridgehead atoms. The van der Waals surface area contributed by atoms with Gasteiger partial charge in [-0.25, -0.2) is 0 Å². The fourth-order valence-corrected chi connectivity index (χ4v) is 8.66. The van der Waals surface area contributed by atoms with Gasteiger partial charge in [-0.05, 0) is 125 Å². The van der Waals surface area contributed by atoms with Gasteiger partial charge < -0.3 is 24.7 Å². The van der Waals surface area contributed by atoms with Crippen molar-refractivity contribution in [1.82, 2.24) is 0 Å². The van der Waals surface area contributed by atoms with Gasteiger partial charge in [-0.15, -0.1) is 0 Å². The van der Waals surface area contributed by atoms with E-state index in [0.29, 0.717) is 11.7 Å². The molecule has 0 heterocycles. The molecule has 1 N–H and O–H groups in total. The van der Waals surface area contributed by atoms with E-state index in [0.717, 1.165) is 54.1 Å². The van der Waals surface area contributed by atoms with Crippen molar-refractivity contribution in [3.8, 4) is 16.9 Å². The van der Waals surface area contributed by atoms with Gasteiger partial charge in [0.15, 0.2) is 5.60 Å². The van der Waals surface area contributed by atoms with Gasteiger partial charge in [-0.3, -0.25) is 4.79 Å². The van der Waals surface area contributed by atoms with Gasteiger partial charge in [0.05, 0.1) is 12.6 Å². The third-order valence-electron chi connectivity index (χ3n) is 11.2. The van der Waals surface area contributed by atoms with E-state index in [1.54, 1.807) is 0 Å². The first-order valence-corrected chi connectivity index (χ1v) is 21.1. The SMILES string of the molecule is C1CCCC1.CCC(C)(C)C(=O)OC1(C)c2ccccc2-c2ccccc21.CCC(C)C1CCCC1.CCC(C)c1cc(I)c(O)c(I)c1.[CH3-].[CH3-].[Fe+2]. The molecule has 0 aromatic heterocycles. The third-order valence-corrected chi connectivity index (χ3v) is 12.9. The number of benzene rings is 3. The smallest absolute Gasteiger partial charge is 0.506 e. The van der Waals surface area contributed by atoms with Gasteiger partial charge in [0.1, 0.15) is 5.75 Å². The van der Waals surface area contributed by atoms with E-state index in [2.05, 4.69) is 109 Å². The molecule has 3 aliphatic carbocycles. The van der Waals surface area contributed by atoms with Crippen LogP contribution in [0.2, 0.25) is 0 Å². The standard InChI is InChI=1S/C20H22O2.C10H12I2O.C9H18.C5H10.2CH3.Fe/c1-5-19(2,3)18(21)22-20(4)16-12-8-6-10-14(16)15-11-7-9-13-17(15)20;1-3-6(2)7-4-8(11)10(13)9(12)5-7;1-3-8(2)9-6-4-5-7-9;1-2-4-5-3-1;;;/h6-13H,5H2,1-4H3;4-6,13H,3H2,1-2H3;8-9H,3-7H2,1-2H3;1-5H2;2*1H3;/q;;;;2*-1;+2. The molecule has 3 aromatic rings. The molecule has 3 nitrogen and oxygen atoms in total. The molecule has 3 aliphatic rings. The van der Waals surface area contributed by atoms with E-state index < -0.39 is 11.0 Å². The van der Waals surface area contributed by atoms with Crippen LogP contribution >= 0.6 is 45.2 Å². The Morgan fingerprint density at radius 1 is 0.808 bits per heavy atom. The fraction of sp³-hybridized carbons (Fsp3) is 0.543. The van der Waals surface area contributed by atoms with Crippen LogP contribution in [-0.2, 0) is 32.2 Å². The van der Waals surface area contributed by atoms with Crippen molar-refractivity contribution in [2.75, 3.05) is 0 Å². The predicted octanol–water partition coefficient (Wildman–Crippen LogP) is 15.1. The molecule has 6 heteroatoms. The van der Waals surface area contributed by atoms with Gasteiger partial charge in [-0.2, -0.15) is 0 Å². The molecule has 0 radical (unpaired) electrons. The Kier molecular flexibility index (Phi) is 23.9. The van der Waals surface area contributed by atoms with Gasteiger partial charge in [0, 0.05) is 11.1 Å². The Morgan fingerprint density at radius 2 is 1.23 bits per heavy atom. The van der Waals surface area contributed by atoms with Gasteiger partial charge in [-0.1, -0.05) is 147 Å². The summed E-state index contributed by atoms with van der Waals surface area (Å²) >= 11 is 4.34. The van der Waals surface area contributed by atoms with Crippen LogP contribution in [0.4, 0.5) is 0 Å². The number of fused-ring (bicyclic) bond motifs is 3. The van der Waals surface area contributed by atoms with E-state index in [1.807, 2.05) is 52.0 Å². The monoisotopic (exact) mass is 978 g/mol. The summed E-state index contributed by atoms with van der Waals surface area (Å²) in [5.41, 5.74) is 4.57. The Bertz CT molecular complexity index is 1400. The summed E-state index contributed by atoms with van der Waals surface area (Å²) in [6.07, 6.45) is 16.8.